The van der Waals surface area contributed by atoms with Crippen LogP contribution in [0.5, 0.6) is 5.75 Å². The summed E-state index contributed by atoms with van der Waals surface area (Å²) < 4.78 is 20.2. The summed E-state index contributed by atoms with van der Waals surface area (Å²) in [6.07, 6.45) is 1.36. The van der Waals surface area contributed by atoms with Crippen LogP contribution in [0.4, 0.5) is 4.39 Å². The summed E-state index contributed by atoms with van der Waals surface area (Å²) in [5.74, 6) is -0.112. The number of carbonyl (C=O) groups is 1. The van der Waals surface area contributed by atoms with Crippen LogP contribution in [-0.2, 0) is 4.79 Å². The number of aromatic nitrogens is 2. The summed E-state index contributed by atoms with van der Waals surface area (Å²) in [7, 11) is 0. The highest BCUT2D eigenvalue weighted by atomic mass is 32.2. The van der Waals surface area contributed by atoms with Gasteiger partial charge in [0, 0.05) is 0 Å². The van der Waals surface area contributed by atoms with Crippen molar-refractivity contribution in [3.05, 3.63) is 94.5 Å². The van der Waals surface area contributed by atoms with Crippen LogP contribution in [-0.4, -0.2) is 34.0 Å². The molecule has 0 aliphatic heterocycles. The van der Waals surface area contributed by atoms with Gasteiger partial charge in [0.25, 0.3) is 11.5 Å². The summed E-state index contributed by atoms with van der Waals surface area (Å²) in [4.78, 5) is 30.2. The lowest BCUT2D eigenvalue weighted by Gasteiger charge is -2.13. The molecule has 3 aromatic carbocycles. The molecule has 4 aromatic rings. The zero-order valence-corrected chi connectivity index (χ0v) is 19.1. The minimum absolute atomic E-state index is 0.0255. The van der Waals surface area contributed by atoms with E-state index in [0.29, 0.717) is 39.7 Å². The summed E-state index contributed by atoms with van der Waals surface area (Å²) in [6.45, 7) is 2.43. The molecule has 172 valence electrons. The fourth-order valence-corrected chi connectivity index (χ4v) is 4.03. The molecule has 0 aliphatic rings. The van der Waals surface area contributed by atoms with E-state index in [-0.39, 0.29) is 17.1 Å². The number of hydrogen-bond acceptors (Lipinski definition) is 6. The van der Waals surface area contributed by atoms with E-state index in [9.17, 15) is 14.0 Å². The second-order valence-electron chi connectivity index (χ2n) is 7.12. The first-order valence-corrected chi connectivity index (χ1v) is 11.5. The van der Waals surface area contributed by atoms with Gasteiger partial charge in [-0.3, -0.25) is 14.2 Å². The van der Waals surface area contributed by atoms with Gasteiger partial charge in [0.15, 0.2) is 5.16 Å². The SMILES string of the molecule is CCOc1ccc(-n2c(SCC(=O)NN=Cc3cccc(F)c3)nc3ccccc3c2=O)cc1. The Morgan fingerprint density at radius 1 is 1.15 bits per heavy atom. The molecule has 1 heterocycles. The van der Waals surface area contributed by atoms with Crippen molar-refractivity contribution >= 4 is 34.8 Å². The highest BCUT2D eigenvalue weighted by Crippen LogP contribution is 2.22. The molecule has 34 heavy (non-hydrogen) atoms. The standard InChI is InChI=1S/C25H21FN4O3S/c1-2-33-20-12-10-19(11-13-20)30-24(32)21-8-3-4-9-22(21)28-25(30)34-16-23(31)29-27-15-17-6-5-7-18(26)14-17/h3-15H,2,16H2,1H3,(H,29,31). The topological polar surface area (TPSA) is 85.6 Å². The number of ether oxygens (including phenoxy) is 1. The van der Waals surface area contributed by atoms with Gasteiger partial charge < -0.3 is 4.74 Å². The van der Waals surface area contributed by atoms with Crippen molar-refractivity contribution in [2.75, 3.05) is 12.4 Å². The summed E-state index contributed by atoms with van der Waals surface area (Å²) in [5, 5.41) is 4.71. The van der Waals surface area contributed by atoms with Gasteiger partial charge in [0.2, 0.25) is 0 Å². The molecule has 1 amide bonds. The Morgan fingerprint density at radius 3 is 2.71 bits per heavy atom. The van der Waals surface area contributed by atoms with E-state index in [1.165, 1.54) is 22.9 Å². The van der Waals surface area contributed by atoms with E-state index < -0.39 is 5.91 Å². The van der Waals surface area contributed by atoms with E-state index in [1.54, 1.807) is 60.7 Å². The van der Waals surface area contributed by atoms with E-state index >= 15 is 0 Å². The van der Waals surface area contributed by atoms with Crippen LogP contribution in [0.3, 0.4) is 0 Å². The molecular weight excluding hydrogens is 455 g/mol. The van der Waals surface area contributed by atoms with Gasteiger partial charge in [-0.25, -0.2) is 14.8 Å². The molecule has 1 aromatic heterocycles. The maximum atomic E-state index is 13.3. The summed E-state index contributed by atoms with van der Waals surface area (Å²) >= 11 is 1.12. The van der Waals surface area contributed by atoms with Gasteiger partial charge in [-0.2, -0.15) is 5.10 Å². The third-order valence-electron chi connectivity index (χ3n) is 4.73. The quantitative estimate of drug-likeness (QED) is 0.179. The van der Waals surface area contributed by atoms with Crippen molar-refractivity contribution < 1.29 is 13.9 Å². The molecule has 0 bridgehead atoms. The van der Waals surface area contributed by atoms with E-state index in [0.717, 1.165) is 11.8 Å². The van der Waals surface area contributed by atoms with Crippen molar-refractivity contribution in [3.63, 3.8) is 0 Å². The minimum atomic E-state index is -0.390. The van der Waals surface area contributed by atoms with Gasteiger partial charge in [0.1, 0.15) is 11.6 Å². The van der Waals surface area contributed by atoms with Crippen LogP contribution in [0.25, 0.3) is 16.6 Å². The molecule has 0 saturated carbocycles. The third-order valence-corrected chi connectivity index (χ3v) is 5.67. The van der Waals surface area contributed by atoms with Crippen molar-refractivity contribution in [1.82, 2.24) is 15.0 Å². The molecule has 9 heteroatoms. The molecule has 0 atom stereocenters. The highest BCUT2D eigenvalue weighted by Gasteiger charge is 2.15. The van der Waals surface area contributed by atoms with Crippen LogP contribution in [0.15, 0.2) is 87.8 Å². The number of carbonyl (C=O) groups excluding carboxylic acids is 1. The molecule has 4 rings (SSSR count). The Hall–Kier alpha value is -3.98. The third kappa shape index (κ3) is 5.49. The number of nitrogens with one attached hydrogen (secondary N) is 1. The van der Waals surface area contributed by atoms with Crippen LogP contribution in [0.2, 0.25) is 0 Å². The Kier molecular flexibility index (Phi) is 7.34. The Balaban J connectivity index is 1.56. The Labute approximate surface area is 199 Å². The lowest BCUT2D eigenvalue weighted by atomic mass is 10.2. The number of benzene rings is 3. The van der Waals surface area contributed by atoms with E-state index in [2.05, 4.69) is 15.5 Å². The number of amides is 1. The van der Waals surface area contributed by atoms with Crippen LogP contribution in [0.1, 0.15) is 12.5 Å². The number of fused-ring (bicyclic) bond motifs is 1. The first kappa shape index (κ1) is 23.2. The lowest BCUT2D eigenvalue weighted by Crippen LogP contribution is -2.24. The first-order valence-electron chi connectivity index (χ1n) is 10.5. The summed E-state index contributed by atoms with van der Waals surface area (Å²) in [5.41, 5.74) is 3.85. The zero-order valence-electron chi connectivity index (χ0n) is 18.3. The second-order valence-corrected chi connectivity index (χ2v) is 8.06. The molecule has 0 saturated heterocycles. The average Bonchev–Trinajstić information content (AvgIpc) is 2.84. The number of nitrogens with zero attached hydrogens (tertiary/aromatic N) is 3. The maximum Gasteiger partial charge on any atom is 0.266 e. The molecular formula is C25H21FN4O3S. The Morgan fingerprint density at radius 2 is 1.94 bits per heavy atom. The van der Waals surface area contributed by atoms with E-state index in [4.69, 9.17) is 4.74 Å². The number of hydrazone groups is 1. The molecule has 0 unspecified atom stereocenters. The van der Waals surface area contributed by atoms with Crippen molar-refractivity contribution in [2.45, 2.75) is 12.1 Å². The van der Waals surface area contributed by atoms with E-state index in [1.807, 2.05) is 6.92 Å². The molecule has 1 N–H and O–H groups in total. The van der Waals surface area contributed by atoms with Crippen LogP contribution >= 0.6 is 11.8 Å². The first-order chi connectivity index (χ1) is 16.5. The van der Waals surface area contributed by atoms with Crippen LogP contribution in [0, 0.1) is 5.82 Å². The fourth-order valence-electron chi connectivity index (χ4n) is 3.22. The van der Waals surface area contributed by atoms with Gasteiger partial charge in [-0.15, -0.1) is 0 Å². The van der Waals surface area contributed by atoms with Gasteiger partial charge in [-0.1, -0.05) is 36.0 Å². The van der Waals surface area contributed by atoms with Crippen molar-refractivity contribution in [1.29, 1.82) is 0 Å². The number of hydrogen-bond donors (Lipinski definition) is 1. The van der Waals surface area contributed by atoms with Crippen molar-refractivity contribution in [2.24, 2.45) is 5.10 Å². The summed E-state index contributed by atoms with van der Waals surface area (Å²) in [6, 6.07) is 20.0. The maximum absolute atomic E-state index is 13.3. The molecule has 0 spiro atoms. The average molecular weight is 477 g/mol. The van der Waals surface area contributed by atoms with Crippen molar-refractivity contribution in [3.8, 4) is 11.4 Å². The highest BCUT2D eigenvalue weighted by molar-refractivity contribution is 7.99. The van der Waals surface area contributed by atoms with Gasteiger partial charge in [0.05, 0.1) is 35.2 Å². The molecule has 0 radical (unpaired) electrons. The number of para-hydroxylation sites is 1. The molecule has 0 aliphatic carbocycles. The normalized spacial score (nSPS) is 11.1. The largest absolute Gasteiger partial charge is 0.494 e. The number of thioether (sulfide) groups is 1. The zero-order chi connectivity index (χ0) is 23.9. The van der Waals surface area contributed by atoms with Gasteiger partial charge in [-0.05, 0) is 61.0 Å². The fraction of sp³-hybridized carbons (Fsp3) is 0.120. The smallest absolute Gasteiger partial charge is 0.266 e. The molecule has 0 fully saturated rings. The Bertz CT molecular complexity index is 1400. The second kappa shape index (κ2) is 10.8. The lowest BCUT2D eigenvalue weighted by molar-refractivity contribution is -0.118. The number of halogens is 1. The van der Waals surface area contributed by atoms with Crippen LogP contribution < -0.4 is 15.7 Å². The van der Waals surface area contributed by atoms with Gasteiger partial charge >= 0.3 is 0 Å². The predicted molar refractivity (Wildman–Crippen MR) is 131 cm³/mol. The molecule has 7 nitrogen and oxygen atoms in total. The number of rotatable bonds is 8. The minimum Gasteiger partial charge on any atom is -0.494 e. The predicted octanol–water partition coefficient (Wildman–Crippen LogP) is 4.17. The monoisotopic (exact) mass is 476 g/mol.